The van der Waals surface area contributed by atoms with Crippen LogP contribution < -0.4 is 10.1 Å². The van der Waals surface area contributed by atoms with Crippen molar-refractivity contribution in [2.24, 2.45) is 0 Å². The van der Waals surface area contributed by atoms with Crippen LogP contribution in [0.1, 0.15) is 11.1 Å². The van der Waals surface area contributed by atoms with Crippen molar-refractivity contribution in [3.63, 3.8) is 0 Å². The predicted molar refractivity (Wildman–Crippen MR) is 132 cm³/mol. The van der Waals surface area contributed by atoms with E-state index in [1.54, 1.807) is 29.2 Å². The highest BCUT2D eigenvalue weighted by Crippen LogP contribution is 2.35. The molecule has 0 aliphatic carbocycles. The number of hydrogen-bond acceptors (Lipinski definition) is 5. The molecular formula is C25H19FN2O3S2. The Balaban J connectivity index is 1.43. The molecule has 1 N–H and O–H groups in total. The normalized spacial score (nSPS) is 14.6. The fourth-order valence-electron chi connectivity index (χ4n) is 3.15. The van der Waals surface area contributed by atoms with Gasteiger partial charge in [0.05, 0.1) is 11.4 Å². The molecule has 1 fully saturated rings. The van der Waals surface area contributed by atoms with Gasteiger partial charge in [-0.2, -0.15) is 0 Å². The molecule has 0 radical (unpaired) electrons. The molecule has 33 heavy (non-hydrogen) atoms. The molecule has 0 aromatic heterocycles. The maximum atomic E-state index is 13.0. The van der Waals surface area contributed by atoms with E-state index in [1.807, 2.05) is 36.4 Å². The zero-order chi connectivity index (χ0) is 23.2. The molecule has 3 aromatic carbocycles. The van der Waals surface area contributed by atoms with Gasteiger partial charge in [-0.1, -0.05) is 72.5 Å². The summed E-state index contributed by atoms with van der Waals surface area (Å²) >= 11 is 6.65. The number of halogens is 1. The lowest BCUT2D eigenvalue weighted by molar-refractivity contribution is -0.122. The summed E-state index contributed by atoms with van der Waals surface area (Å²) in [6.07, 6.45) is 1.72. The SMILES string of the molecule is O=C(COc1ccccc1/C=C1\SC(=S)N(Cc2ccccc2)C1=O)Nc1ccc(F)cc1. The third-order valence-corrected chi connectivity index (χ3v) is 6.13. The average Bonchev–Trinajstić information content (AvgIpc) is 3.08. The molecule has 1 aliphatic heterocycles. The second kappa shape index (κ2) is 10.4. The van der Waals surface area contributed by atoms with Gasteiger partial charge in [-0.3, -0.25) is 14.5 Å². The first-order valence-electron chi connectivity index (χ1n) is 10.1. The number of carbonyl (C=O) groups excluding carboxylic acids is 2. The van der Waals surface area contributed by atoms with Crippen molar-refractivity contribution in [1.29, 1.82) is 0 Å². The molecule has 4 rings (SSSR count). The molecule has 0 atom stereocenters. The molecule has 166 valence electrons. The van der Waals surface area contributed by atoms with E-state index >= 15 is 0 Å². The monoisotopic (exact) mass is 478 g/mol. The summed E-state index contributed by atoms with van der Waals surface area (Å²) in [7, 11) is 0. The van der Waals surface area contributed by atoms with Crippen LogP contribution in [0, 0.1) is 5.82 Å². The minimum Gasteiger partial charge on any atom is -0.483 e. The Kier molecular flexibility index (Phi) is 7.16. The molecule has 1 heterocycles. The highest BCUT2D eigenvalue weighted by molar-refractivity contribution is 8.26. The van der Waals surface area contributed by atoms with E-state index < -0.39 is 0 Å². The maximum Gasteiger partial charge on any atom is 0.266 e. The van der Waals surface area contributed by atoms with Gasteiger partial charge in [-0.25, -0.2) is 4.39 Å². The number of nitrogens with zero attached hydrogens (tertiary/aromatic N) is 1. The molecule has 2 amide bonds. The van der Waals surface area contributed by atoms with E-state index in [0.29, 0.717) is 32.8 Å². The van der Waals surface area contributed by atoms with Crippen LogP contribution in [0.25, 0.3) is 6.08 Å². The summed E-state index contributed by atoms with van der Waals surface area (Å²) in [5.74, 6) is -0.476. The van der Waals surface area contributed by atoms with Gasteiger partial charge >= 0.3 is 0 Å². The van der Waals surface area contributed by atoms with Gasteiger partial charge in [-0.15, -0.1) is 0 Å². The van der Waals surface area contributed by atoms with E-state index in [2.05, 4.69) is 5.32 Å². The van der Waals surface area contributed by atoms with Gasteiger partial charge in [0, 0.05) is 11.3 Å². The van der Waals surface area contributed by atoms with Crippen LogP contribution in [-0.2, 0) is 16.1 Å². The molecule has 0 saturated carbocycles. The number of ether oxygens (including phenoxy) is 1. The zero-order valence-corrected chi connectivity index (χ0v) is 19.0. The Labute approximate surface area is 200 Å². The number of hydrogen-bond donors (Lipinski definition) is 1. The lowest BCUT2D eigenvalue weighted by Gasteiger charge is -2.14. The van der Waals surface area contributed by atoms with Gasteiger partial charge in [0.1, 0.15) is 15.9 Å². The first kappa shape index (κ1) is 22.7. The van der Waals surface area contributed by atoms with Crippen LogP contribution in [0.4, 0.5) is 10.1 Å². The standard InChI is InChI=1S/C25H19FN2O3S2/c26-19-10-12-20(13-11-19)27-23(29)16-31-21-9-5-4-8-18(21)14-22-24(30)28(25(32)33-22)15-17-6-2-1-3-7-17/h1-14H,15-16H2,(H,27,29)/b22-14-. The number of amides is 2. The lowest BCUT2D eigenvalue weighted by atomic mass is 10.1. The first-order valence-corrected chi connectivity index (χ1v) is 11.3. The van der Waals surface area contributed by atoms with Crippen molar-refractivity contribution in [3.8, 4) is 5.75 Å². The second-order valence-electron chi connectivity index (χ2n) is 7.14. The van der Waals surface area contributed by atoms with Gasteiger partial charge in [0.15, 0.2) is 6.61 Å². The van der Waals surface area contributed by atoms with Crippen LogP contribution in [-0.4, -0.2) is 27.6 Å². The Morgan fingerprint density at radius 3 is 2.48 bits per heavy atom. The molecule has 1 aliphatic rings. The van der Waals surface area contributed by atoms with E-state index in [0.717, 1.165) is 5.56 Å². The Morgan fingerprint density at radius 2 is 1.73 bits per heavy atom. The van der Waals surface area contributed by atoms with Crippen LogP contribution in [0.15, 0.2) is 83.8 Å². The number of rotatable bonds is 7. The Hall–Kier alpha value is -3.49. The second-order valence-corrected chi connectivity index (χ2v) is 8.81. The largest absolute Gasteiger partial charge is 0.483 e. The van der Waals surface area contributed by atoms with E-state index in [1.165, 1.54) is 36.0 Å². The Morgan fingerprint density at radius 1 is 1.03 bits per heavy atom. The first-order chi connectivity index (χ1) is 16.0. The van der Waals surface area contributed by atoms with Crippen molar-refractivity contribution in [2.45, 2.75) is 6.54 Å². The number of thiocarbonyl (C=S) groups is 1. The highest BCUT2D eigenvalue weighted by Gasteiger charge is 2.32. The lowest BCUT2D eigenvalue weighted by Crippen LogP contribution is -2.27. The number of anilines is 1. The molecule has 3 aromatic rings. The van der Waals surface area contributed by atoms with Crippen molar-refractivity contribution in [2.75, 3.05) is 11.9 Å². The Bertz CT molecular complexity index is 1210. The fourth-order valence-corrected chi connectivity index (χ4v) is 4.39. The molecule has 5 nitrogen and oxygen atoms in total. The van der Waals surface area contributed by atoms with Crippen molar-refractivity contribution in [1.82, 2.24) is 4.90 Å². The van der Waals surface area contributed by atoms with Crippen LogP contribution in [0.3, 0.4) is 0 Å². The van der Waals surface area contributed by atoms with Gasteiger partial charge < -0.3 is 10.1 Å². The molecule has 0 spiro atoms. The van der Waals surface area contributed by atoms with E-state index in [9.17, 15) is 14.0 Å². The summed E-state index contributed by atoms with van der Waals surface area (Å²) < 4.78 is 19.2. The molecule has 0 unspecified atom stereocenters. The van der Waals surface area contributed by atoms with Gasteiger partial charge in [0.2, 0.25) is 0 Å². The number of nitrogens with one attached hydrogen (secondary N) is 1. The minimum absolute atomic E-state index is 0.169. The van der Waals surface area contributed by atoms with Crippen molar-refractivity contribution in [3.05, 3.63) is 101 Å². The topological polar surface area (TPSA) is 58.6 Å². The zero-order valence-electron chi connectivity index (χ0n) is 17.4. The number of carbonyl (C=O) groups is 2. The number of benzene rings is 3. The number of thioether (sulfide) groups is 1. The molecule has 8 heteroatoms. The van der Waals surface area contributed by atoms with E-state index in [4.69, 9.17) is 17.0 Å². The fraction of sp³-hybridized carbons (Fsp3) is 0.0800. The van der Waals surface area contributed by atoms with Crippen molar-refractivity contribution >= 4 is 51.9 Å². The summed E-state index contributed by atoms with van der Waals surface area (Å²) in [5.41, 5.74) is 2.12. The predicted octanol–water partition coefficient (Wildman–Crippen LogP) is 5.24. The summed E-state index contributed by atoms with van der Waals surface area (Å²) in [6, 6.07) is 22.3. The minimum atomic E-state index is -0.384. The third kappa shape index (κ3) is 5.85. The smallest absolute Gasteiger partial charge is 0.266 e. The molecule has 0 bridgehead atoms. The third-order valence-electron chi connectivity index (χ3n) is 4.75. The van der Waals surface area contributed by atoms with E-state index in [-0.39, 0.29) is 24.2 Å². The summed E-state index contributed by atoms with van der Waals surface area (Å²) in [4.78, 5) is 27.2. The molecule has 1 saturated heterocycles. The van der Waals surface area contributed by atoms with Crippen molar-refractivity contribution < 1.29 is 18.7 Å². The van der Waals surface area contributed by atoms with Gasteiger partial charge in [0.25, 0.3) is 11.8 Å². The summed E-state index contributed by atoms with van der Waals surface area (Å²) in [6.45, 7) is 0.168. The maximum absolute atomic E-state index is 13.0. The average molecular weight is 479 g/mol. The van der Waals surface area contributed by atoms with Gasteiger partial charge in [-0.05, 0) is 42.0 Å². The van der Waals surface area contributed by atoms with Crippen LogP contribution in [0.2, 0.25) is 0 Å². The number of para-hydroxylation sites is 1. The highest BCUT2D eigenvalue weighted by atomic mass is 32.2. The van der Waals surface area contributed by atoms with Crippen LogP contribution >= 0.6 is 24.0 Å². The quantitative estimate of drug-likeness (QED) is 0.372. The summed E-state index contributed by atoms with van der Waals surface area (Å²) in [5, 5.41) is 2.65. The molecular weight excluding hydrogens is 459 g/mol. The van der Waals surface area contributed by atoms with Crippen LogP contribution in [0.5, 0.6) is 5.75 Å².